The van der Waals surface area contributed by atoms with Gasteiger partial charge in [0, 0.05) is 17.9 Å². The monoisotopic (exact) mass is 206 g/mol. The fourth-order valence-corrected chi connectivity index (χ4v) is 1.56. The summed E-state index contributed by atoms with van der Waals surface area (Å²) in [4.78, 5) is 0. The Morgan fingerprint density at radius 3 is 2.73 bits per heavy atom. The van der Waals surface area contributed by atoms with Crippen molar-refractivity contribution in [3.05, 3.63) is 24.3 Å². The van der Waals surface area contributed by atoms with E-state index in [-0.39, 0.29) is 0 Å². The summed E-state index contributed by atoms with van der Waals surface area (Å²) in [5.41, 5.74) is 7.63. The molecule has 0 spiro atoms. The highest BCUT2D eigenvalue weighted by atomic mass is 14.9. The summed E-state index contributed by atoms with van der Waals surface area (Å²) in [6, 6.07) is 7.91. The van der Waals surface area contributed by atoms with Crippen molar-refractivity contribution in [1.29, 1.82) is 0 Å². The van der Waals surface area contributed by atoms with Gasteiger partial charge >= 0.3 is 0 Å². The van der Waals surface area contributed by atoms with Gasteiger partial charge in [-0.1, -0.05) is 32.8 Å². The summed E-state index contributed by atoms with van der Waals surface area (Å²) in [6.45, 7) is 5.58. The summed E-state index contributed by atoms with van der Waals surface area (Å²) >= 11 is 0. The summed E-state index contributed by atoms with van der Waals surface area (Å²) in [5, 5.41) is 3.38. The number of hydrogen-bond acceptors (Lipinski definition) is 2. The molecule has 2 nitrogen and oxygen atoms in total. The normalized spacial score (nSPS) is 10.6. The smallest absolute Gasteiger partial charge is 0.0360 e. The lowest BCUT2D eigenvalue weighted by molar-refractivity contribution is 0.545. The molecule has 1 rings (SSSR count). The highest BCUT2D eigenvalue weighted by Crippen LogP contribution is 2.12. The van der Waals surface area contributed by atoms with Crippen LogP contribution in [0, 0.1) is 5.92 Å². The number of nitrogens with two attached hydrogens (primary N) is 1. The number of benzene rings is 1. The Morgan fingerprint density at radius 2 is 2.07 bits per heavy atom. The zero-order chi connectivity index (χ0) is 11.1. The summed E-state index contributed by atoms with van der Waals surface area (Å²) < 4.78 is 0. The average Bonchev–Trinajstić information content (AvgIpc) is 2.17. The fraction of sp³-hybridized carbons (Fsp3) is 0.538. The van der Waals surface area contributed by atoms with Crippen molar-refractivity contribution < 1.29 is 0 Å². The van der Waals surface area contributed by atoms with E-state index in [9.17, 15) is 0 Å². The van der Waals surface area contributed by atoms with Crippen molar-refractivity contribution in [2.45, 2.75) is 33.1 Å². The fourth-order valence-electron chi connectivity index (χ4n) is 1.56. The number of nitrogen functional groups attached to an aromatic ring is 1. The number of hydrogen-bond donors (Lipinski definition) is 2. The van der Waals surface area contributed by atoms with Crippen molar-refractivity contribution in [1.82, 2.24) is 0 Å². The summed E-state index contributed by atoms with van der Waals surface area (Å²) in [7, 11) is 0. The zero-order valence-electron chi connectivity index (χ0n) is 9.79. The van der Waals surface area contributed by atoms with Gasteiger partial charge in [-0.05, 0) is 30.5 Å². The first-order valence-electron chi connectivity index (χ1n) is 5.78. The van der Waals surface area contributed by atoms with Crippen molar-refractivity contribution >= 4 is 11.4 Å². The largest absolute Gasteiger partial charge is 0.399 e. The van der Waals surface area contributed by atoms with Crippen LogP contribution in [-0.4, -0.2) is 6.54 Å². The van der Waals surface area contributed by atoms with Gasteiger partial charge in [0.2, 0.25) is 0 Å². The predicted octanol–water partition coefficient (Wildman–Crippen LogP) is 3.51. The van der Waals surface area contributed by atoms with Gasteiger partial charge in [-0.3, -0.25) is 0 Å². The molecule has 15 heavy (non-hydrogen) atoms. The highest BCUT2D eigenvalue weighted by Gasteiger charge is 1.95. The molecule has 0 radical (unpaired) electrons. The SMILES string of the molecule is CC(C)CCCCNc1cccc(N)c1. The second kappa shape index (κ2) is 6.33. The van der Waals surface area contributed by atoms with E-state index >= 15 is 0 Å². The number of anilines is 2. The minimum atomic E-state index is 0.817. The van der Waals surface area contributed by atoms with E-state index in [1.807, 2.05) is 18.2 Å². The topological polar surface area (TPSA) is 38.0 Å². The molecule has 0 heterocycles. The van der Waals surface area contributed by atoms with Gasteiger partial charge in [-0.15, -0.1) is 0 Å². The van der Waals surface area contributed by atoms with E-state index in [4.69, 9.17) is 5.73 Å². The molecule has 1 aromatic carbocycles. The third kappa shape index (κ3) is 5.31. The lowest BCUT2D eigenvalue weighted by Gasteiger charge is -2.07. The van der Waals surface area contributed by atoms with Gasteiger partial charge in [0.05, 0.1) is 0 Å². The van der Waals surface area contributed by atoms with E-state index in [2.05, 4.69) is 25.2 Å². The number of unbranched alkanes of at least 4 members (excludes halogenated alkanes) is 1. The molecule has 84 valence electrons. The van der Waals surface area contributed by atoms with Gasteiger partial charge in [-0.2, -0.15) is 0 Å². The first kappa shape index (κ1) is 11.9. The molecular formula is C13H22N2. The molecule has 0 fully saturated rings. The molecular weight excluding hydrogens is 184 g/mol. The molecule has 2 heteroatoms. The molecule has 0 saturated heterocycles. The molecule has 0 atom stereocenters. The first-order valence-corrected chi connectivity index (χ1v) is 5.78. The quantitative estimate of drug-likeness (QED) is 0.552. The van der Waals surface area contributed by atoms with Gasteiger partial charge in [0.15, 0.2) is 0 Å². The average molecular weight is 206 g/mol. The second-order valence-electron chi connectivity index (χ2n) is 4.44. The Kier molecular flexibility index (Phi) is 5.02. The van der Waals surface area contributed by atoms with Gasteiger partial charge in [0.25, 0.3) is 0 Å². The van der Waals surface area contributed by atoms with Crippen molar-refractivity contribution in [2.24, 2.45) is 5.92 Å². The standard InChI is InChI=1S/C13H22N2/c1-11(2)6-3-4-9-15-13-8-5-7-12(14)10-13/h5,7-8,10-11,15H,3-4,6,9,14H2,1-2H3. The van der Waals surface area contributed by atoms with Crippen LogP contribution >= 0.6 is 0 Å². The maximum Gasteiger partial charge on any atom is 0.0360 e. The van der Waals surface area contributed by atoms with Crippen LogP contribution in [0.4, 0.5) is 11.4 Å². The minimum absolute atomic E-state index is 0.817. The van der Waals surface area contributed by atoms with Gasteiger partial charge in [-0.25, -0.2) is 0 Å². The predicted molar refractivity (Wildman–Crippen MR) is 68.0 cm³/mol. The van der Waals surface area contributed by atoms with Crippen LogP contribution in [0.15, 0.2) is 24.3 Å². The molecule has 0 aliphatic rings. The highest BCUT2D eigenvalue weighted by molar-refractivity contribution is 5.53. The first-order chi connectivity index (χ1) is 7.18. The van der Waals surface area contributed by atoms with Crippen molar-refractivity contribution in [3.8, 4) is 0 Å². The van der Waals surface area contributed by atoms with E-state index in [0.717, 1.165) is 23.8 Å². The van der Waals surface area contributed by atoms with E-state index in [1.165, 1.54) is 19.3 Å². The van der Waals surface area contributed by atoms with Gasteiger partial charge < -0.3 is 11.1 Å². The Bertz CT molecular complexity index is 282. The van der Waals surface area contributed by atoms with Crippen LogP contribution in [0.2, 0.25) is 0 Å². The summed E-state index contributed by atoms with van der Waals surface area (Å²) in [5.74, 6) is 0.817. The Labute approximate surface area is 92.9 Å². The third-order valence-electron chi connectivity index (χ3n) is 2.42. The van der Waals surface area contributed by atoms with Crippen LogP contribution in [0.25, 0.3) is 0 Å². The Balaban J connectivity index is 2.15. The second-order valence-corrected chi connectivity index (χ2v) is 4.44. The Hall–Kier alpha value is -1.18. The number of rotatable bonds is 6. The molecule has 0 aliphatic heterocycles. The Morgan fingerprint density at radius 1 is 1.27 bits per heavy atom. The van der Waals surface area contributed by atoms with E-state index in [0.29, 0.717) is 0 Å². The molecule has 0 aromatic heterocycles. The maximum absolute atomic E-state index is 5.69. The molecule has 0 amide bonds. The molecule has 3 N–H and O–H groups in total. The minimum Gasteiger partial charge on any atom is -0.399 e. The van der Waals surface area contributed by atoms with Gasteiger partial charge in [0.1, 0.15) is 0 Å². The maximum atomic E-state index is 5.69. The van der Waals surface area contributed by atoms with Crippen molar-refractivity contribution in [3.63, 3.8) is 0 Å². The van der Waals surface area contributed by atoms with Crippen LogP contribution in [0.3, 0.4) is 0 Å². The van der Waals surface area contributed by atoms with E-state index < -0.39 is 0 Å². The molecule has 0 aliphatic carbocycles. The van der Waals surface area contributed by atoms with Crippen LogP contribution in [0.1, 0.15) is 33.1 Å². The molecule has 0 saturated carbocycles. The number of nitrogens with one attached hydrogen (secondary N) is 1. The van der Waals surface area contributed by atoms with E-state index in [1.54, 1.807) is 0 Å². The van der Waals surface area contributed by atoms with Crippen LogP contribution in [-0.2, 0) is 0 Å². The molecule has 0 unspecified atom stereocenters. The molecule has 0 bridgehead atoms. The third-order valence-corrected chi connectivity index (χ3v) is 2.42. The molecule has 1 aromatic rings. The van der Waals surface area contributed by atoms with Crippen molar-refractivity contribution in [2.75, 3.05) is 17.6 Å². The van der Waals surface area contributed by atoms with Crippen LogP contribution < -0.4 is 11.1 Å². The lowest BCUT2D eigenvalue weighted by Crippen LogP contribution is -2.02. The zero-order valence-corrected chi connectivity index (χ0v) is 9.79. The summed E-state index contributed by atoms with van der Waals surface area (Å²) in [6.07, 6.45) is 3.85. The van der Waals surface area contributed by atoms with Crippen LogP contribution in [0.5, 0.6) is 0 Å². The lowest BCUT2D eigenvalue weighted by atomic mass is 10.1.